The molecule has 0 bridgehead atoms. The van der Waals surface area contributed by atoms with Crippen molar-refractivity contribution in [3.63, 3.8) is 0 Å². The van der Waals surface area contributed by atoms with Crippen molar-refractivity contribution >= 4 is 5.91 Å². The molecule has 19 heavy (non-hydrogen) atoms. The third-order valence-corrected chi connectivity index (χ3v) is 4.73. The summed E-state index contributed by atoms with van der Waals surface area (Å²) in [6, 6.07) is 8.97. The Balaban J connectivity index is 1.69. The highest BCUT2D eigenvalue weighted by Crippen LogP contribution is 2.46. The van der Waals surface area contributed by atoms with Crippen molar-refractivity contribution in [2.75, 3.05) is 13.1 Å². The Morgan fingerprint density at radius 2 is 1.95 bits per heavy atom. The number of nitrogens with zero attached hydrogens (tertiary/aromatic N) is 1. The molecule has 2 heteroatoms. The van der Waals surface area contributed by atoms with Gasteiger partial charge >= 0.3 is 0 Å². The normalized spacial score (nSPS) is 20.7. The Hall–Kier alpha value is -1.57. The molecule has 2 aliphatic rings. The molecule has 2 nitrogen and oxygen atoms in total. The molecule has 0 unspecified atom stereocenters. The number of amides is 1. The van der Waals surface area contributed by atoms with Gasteiger partial charge in [-0.05, 0) is 37.2 Å². The van der Waals surface area contributed by atoms with Crippen LogP contribution in [0.25, 0.3) is 0 Å². The Bertz CT molecular complexity index is 496. The van der Waals surface area contributed by atoms with Crippen LogP contribution in [0.2, 0.25) is 0 Å². The van der Waals surface area contributed by atoms with Gasteiger partial charge in [-0.25, -0.2) is 0 Å². The summed E-state index contributed by atoms with van der Waals surface area (Å²) in [4.78, 5) is 13.6. The summed E-state index contributed by atoms with van der Waals surface area (Å²) in [5.41, 5.74) is 3.11. The van der Waals surface area contributed by atoms with Crippen LogP contribution in [-0.2, 0) is 10.2 Å². The maximum atomic E-state index is 11.6. The fourth-order valence-electron chi connectivity index (χ4n) is 3.22. The maximum absolute atomic E-state index is 11.6. The van der Waals surface area contributed by atoms with Crippen molar-refractivity contribution < 1.29 is 4.79 Å². The second kappa shape index (κ2) is 4.84. The van der Waals surface area contributed by atoms with E-state index in [1.165, 1.54) is 30.4 Å². The summed E-state index contributed by atoms with van der Waals surface area (Å²) in [5.74, 6) is 0.179. The quantitative estimate of drug-likeness (QED) is 0.809. The van der Waals surface area contributed by atoms with Gasteiger partial charge in [0.2, 0.25) is 5.91 Å². The van der Waals surface area contributed by atoms with E-state index >= 15 is 0 Å². The van der Waals surface area contributed by atoms with Crippen LogP contribution in [0.1, 0.15) is 36.8 Å². The first-order valence-corrected chi connectivity index (χ1v) is 7.22. The average molecular weight is 255 g/mol. The van der Waals surface area contributed by atoms with Gasteiger partial charge in [-0.2, -0.15) is 0 Å². The molecule has 0 aromatic heterocycles. The summed E-state index contributed by atoms with van der Waals surface area (Å²) in [7, 11) is 0. The van der Waals surface area contributed by atoms with Crippen molar-refractivity contribution in [3.8, 4) is 0 Å². The Kier molecular flexibility index (Phi) is 3.17. The fraction of sp³-hybridized carbons (Fsp3) is 0.471. The van der Waals surface area contributed by atoms with Crippen LogP contribution in [0, 0.1) is 6.92 Å². The molecule has 1 aliphatic carbocycles. The smallest absolute Gasteiger partial charge is 0.246 e. The van der Waals surface area contributed by atoms with Crippen LogP contribution < -0.4 is 0 Å². The summed E-state index contributed by atoms with van der Waals surface area (Å²) < 4.78 is 0. The first kappa shape index (κ1) is 12.5. The lowest BCUT2D eigenvalue weighted by atomic mass is 9.62. The third-order valence-electron chi connectivity index (χ3n) is 4.73. The van der Waals surface area contributed by atoms with Crippen LogP contribution in [0.15, 0.2) is 36.4 Å². The number of rotatable bonds is 4. The summed E-state index contributed by atoms with van der Waals surface area (Å²) >= 11 is 0. The van der Waals surface area contributed by atoms with Gasteiger partial charge < -0.3 is 4.90 Å². The van der Waals surface area contributed by atoms with Gasteiger partial charge in [0.25, 0.3) is 0 Å². The Morgan fingerprint density at radius 1 is 1.21 bits per heavy atom. The van der Waals surface area contributed by atoms with Gasteiger partial charge in [0.1, 0.15) is 0 Å². The first-order valence-electron chi connectivity index (χ1n) is 7.22. The van der Waals surface area contributed by atoms with E-state index in [1.807, 2.05) is 11.0 Å². The standard InChI is InChI=1S/C17H21NO/c1-14-5-7-15(8-6-14)17(9-3-10-17)11-13-18-12-2-4-16(18)19/h2,4-8H,3,9-13H2,1H3. The zero-order valence-electron chi connectivity index (χ0n) is 11.6. The Labute approximate surface area is 115 Å². The van der Waals surface area contributed by atoms with Crippen LogP contribution in [0.4, 0.5) is 0 Å². The van der Waals surface area contributed by atoms with Gasteiger partial charge in [0.05, 0.1) is 0 Å². The first-order chi connectivity index (χ1) is 9.20. The molecule has 1 aromatic rings. The molecule has 100 valence electrons. The fourth-order valence-corrected chi connectivity index (χ4v) is 3.22. The highest BCUT2D eigenvalue weighted by atomic mass is 16.2. The monoisotopic (exact) mass is 255 g/mol. The summed E-state index contributed by atoms with van der Waals surface area (Å²) in [6.45, 7) is 3.81. The zero-order valence-corrected chi connectivity index (χ0v) is 11.6. The number of benzene rings is 1. The lowest BCUT2D eigenvalue weighted by molar-refractivity contribution is -0.124. The third kappa shape index (κ3) is 2.32. The minimum absolute atomic E-state index is 0.179. The number of hydrogen-bond acceptors (Lipinski definition) is 1. The molecule has 1 aromatic carbocycles. The highest BCUT2D eigenvalue weighted by molar-refractivity contribution is 5.89. The molecule has 0 atom stereocenters. The molecule has 1 saturated carbocycles. The van der Waals surface area contributed by atoms with E-state index in [-0.39, 0.29) is 5.91 Å². The molecule has 1 aliphatic heterocycles. The molecule has 1 fully saturated rings. The molecule has 1 amide bonds. The predicted molar refractivity (Wildman–Crippen MR) is 77.0 cm³/mol. The van der Waals surface area contributed by atoms with Crippen LogP contribution in [-0.4, -0.2) is 23.9 Å². The molecule has 0 saturated heterocycles. The van der Waals surface area contributed by atoms with Crippen molar-refractivity contribution in [1.82, 2.24) is 4.90 Å². The molecular formula is C17H21NO. The minimum atomic E-state index is 0.179. The van der Waals surface area contributed by atoms with E-state index in [2.05, 4.69) is 31.2 Å². The Morgan fingerprint density at radius 3 is 2.47 bits per heavy atom. The van der Waals surface area contributed by atoms with Gasteiger partial charge in [0.15, 0.2) is 0 Å². The van der Waals surface area contributed by atoms with E-state index in [9.17, 15) is 4.79 Å². The number of hydrogen-bond donors (Lipinski definition) is 0. The van der Waals surface area contributed by atoms with Crippen molar-refractivity contribution in [3.05, 3.63) is 47.5 Å². The van der Waals surface area contributed by atoms with E-state index < -0.39 is 0 Å². The van der Waals surface area contributed by atoms with Gasteiger partial charge in [-0.15, -0.1) is 0 Å². The summed E-state index contributed by atoms with van der Waals surface area (Å²) in [6.07, 6.45) is 8.61. The summed E-state index contributed by atoms with van der Waals surface area (Å²) in [5, 5.41) is 0. The van der Waals surface area contributed by atoms with E-state index in [0.717, 1.165) is 19.5 Å². The molecule has 0 radical (unpaired) electrons. The predicted octanol–water partition coefficient (Wildman–Crippen LogP) is 3.21. The topological polar surface area (TPSA) is 20.3 Å². The lowest BCUT2D eigenvalue weighted by Crippen LogP contribution is -2.39. The molecule has 0 spiro atoms. The van der Waals surface area contributed by atoms with Crippen molar-refractivity contribution in [1.29, 1.82) is 0 Å². The molecule has 1 heterocycles. The molecule has 0 N–H and O–H groups in total. The SMILES string of the molecule is Cc1ccc(C2(CCN3CC=CC3=O)CCC2)cc1. The average Bonchev–Trinajstić information content (AvgIpc) is 2.76. The van der Waals surface area contributed by atoms with Crippen molar-refractivity contribution in [2.24, 2.45) is 0 Å². The van der Waals surface area contributed by atoms with Crippen molar-refractivity contribution in [2.45, 2.75) is 38.0 Å². The van der Waals surface area contributed by atoms with Crippen LogP contribution >= 0.6 is 0 Å². The van der Waals surface area contributed by atoms with E-state index in [1.54, 1.807) is 6.08 Å². The largest absolute Gasteiger partial charge is 0.335 e. The number of carbonyl (C=O) groups excluding carboxylic acids is 1. The molecular weight excluding hydrogens is 234 g/mol. The second-order valence-electron chi connectivity index (χ2n) is 5.94. The molecule has 3 rings (SSSR count). The van der Waals surface area contributed by atoms with Crippen LogP contribution in [0.3, 0.4) is 0 Å². The number of carbonyl (C=O) groups is 1. The lowest BCUT2D eigenvalue weighted by Gasteiger charge is -2.43. The van der Waals surface area contributed by atoms with Gasteiger partial charge in [-0.3, -0.25) is 4.79 Å². The second-order valence-corrected chi connectivity index (χ2v) is 5.94. The van der Waals surface area contributed by atoms with Crippen LogP contribution in [0.5, 0.6) is 0 Å². The van der Waals surface area contributed by atoms with E-state index in [4.69, 9.17) is 0 Å². The highest BCUT2D eigenvalue weighted by Gasteiger charge is 2.38. The van der Waals surface area contributed by atoms with E-state index in [0.29, 0.717) is 5.41 Å². The minimum Gasteiger partial charge on any atom is -0.335 e. The number of aryl methyl sites for hydroxylation is 1. The van der Waals surface area contributed by atoms with Gasteiger partial charge in [0, 0.05) is 19.2 Å². The van der Waals surface area contributed by atoms with Gasteiger partial charge in [-0.1, -0.05) is 42.3 Å². The zero-order chi connectivity index (χ0) is 13.3. The maximum Gasteiger partial charge on any atom is 0.246 e.